The van der Waals surface area contributed by atoms with Crippen LogP contribution in [-0.2, 0) is 4.74 Å². The van der Waals surface area contributed by atoms with Gasteiger partial charge in [0.05, 0.1) is 0 Å². The summed E-state index contributed by atoms with van der Waals surface area (Å²) in [6.45, 7) is 3.46. The van der Waals surface area contributed by atoms with Crippen molar-refractivity contribution in [3.05, 3.63) is 29.6 Å². The van der Waals surface area contributed by atoms with Gasteiger partial charge in [-0.05, 0) is 62.9 Å². The summed E-state index contributed by atoms with van der Waals surface area (Å²) < 4.78 is 5.34. The highest BCUT2D eigenvalue weighted by atomic mass is 16.5. The number of nitrogens with one attached hydrogen (secondary N) is 1. The molecule has 0 unspecified atom stereocenters. The summed E-state index contributed by atoms with van der Waals surface area (Å²) in [5.74, 6) is 0.468. The molecule has 0 bridgehead atoms. The standard InChI is InChI=1S/C17H25N3O2/c1-20-8-2-3-16(20)14-4-7-18-15(11-14)17(21)19-12-13-5-9-22-10-6-13/h4,7,11,13,16H,2-3,5-6,8-10,12H2,1H3,(H,19,21)/t16-/m0/s1. The van der Waals surface area contributed by atoms with Gasteiger partial charge in [0.1, 0.15) is 5.69 Å². The Balaban J connectivity index is 1.60. The second kappa shape index (κ2) is 7.20. The molecule has 3 heterocycles. The number of nitrogens with zero attached hydrogens (tertiary/aromatic N) is 2. The van der Waals surface area contributed by atoms with E-state index in [1.807, 2.05) is 12.1 Å². The topological polar surface area (TPSA) is 54.5 Å². The quantitative estimate of drug-likeness (QED) is 0.924. The summed E-state index contributed by atoms with van der Waals surface area (Å²) in [5.41, 5.74) is 1.73. The number of rotatable bonds is 4. The van der Waals surface area contributed by atoms with Crippen LogP contribution in [0.25, 0.3) is 0 Å². The zero-order valence-corrected chi connectivity index (χ0v) is 13.3. The zero-order chi connectivity index (χ0) is 15.4. The Morgan fingerprint density at radius 3 is 2.95 bits per heavy atom. The molecule has 0 radical (unpaired) electrons. The van der Waals surface area contributed by atoms with E-state index in [4.69, 9.17) is 4.74 Å². The lowest BCUT2D eigenvalue weighted by Crippen LogP contribution is -2.32. The molecule has 5 heteroatoms. The van der Waals surface area contributed by atoms with Crippen molar-refractivity contribution >= 4 is 5.91 Å². The van der Waals surface area contributed by atoms with Crippen molar-refractivity contribution in [2.45, 2.75) is 31.7 Å². The van der Waals surface area contributed by atoms with Crippen molar-refractivity contribution in [3.63, 3.8) is 0 Å². The Morgan fingerprint density at radius 2 is 2.23 bits per heavy atom. The fraction of sp³-hybridized carbons (Fsp3) is 0.647. The Labute approximate surface area is 132 Å². The summed E-state index contributed by atoms with van der Waals surface area (Å²) in [6.07, 6.45) is 6.19. The molecule has 2 saturated heterocycles. The molecule has 1 amide bonds. The van der Waals surface area contributed by atoms with Crippen LogP contribution in [0.5, 0.6) is 0 Å². The normalized spacial score (nSPS) is 23.6. The second-order valence-corrected chi connectivity index (χ2v) is 6.38. The fourth-order valence-electron chi connectivity index (χ4n) is 3.39. The van der Waals surface area contributed by atoms with Crippen LogP contribution in [-0.4, -0.2) is 49.1 Å². The maximum atomic E-state index is 12.3. The number of carbonyl (C=O) groups is 1. The molecular formula is C17H25N3O2. The van der Waals surface area contributed by atoms with Crippen LogP contribution in [0.2, 0.25) is 0 Å². The van der Waals surface area contributed by atoms with Gasteiger partial charge in [0, 0.05) is 32.0 Å². The number of hydrogen-bond acceptors (Lipinski definition) is 4. The first-order valence-electron chi connectivity index (χ1n) is 8.26. The molecular weight excluding hydrogens is 278 g/mol. The Bertz CT molecular complexity index is 514. The predicted molar refractivity (Wildman–Crippen MR) is 84.7 cm³/mol. The van der Waals surface area contributed by atoms with Crippen LogP contribution < -0.4 is 5.32 Å². The van der Waals surface area contributed by atoms with Gasteiger partial charge in [-0.15, -0.1) is 0 Å². The van der Waals surface area contributed by atoms with E-state index in [1.54, 1.807) is 6.20 Å². The van der Waals surface area contributed by atoms with Crippen molar-refractivity contribution in [2.24, 2.45) is 5.92 Å². The number of amides is 1. The highest BCUT2D eigenvalue weighted by Crippen LogP contribution is 2.30. The molecule has 0 aliphatic carbocycles. The number of aromatic nitrogens is 1. The average Bonchev–Trinajstić information content (AvgIpc) is 3.00. The van der Waals surface area contributed by atoms with Crippen LogP contribution in [0.1, 0.15) is 47.8 Å². The average molecular weight is 303 g/mol. The number of pyridine rings is 1. The van der Waals surface area contributed by atoms with E-state index in [2.05, 4.69) is 22.2 Å². The number of likely N-dealkylation sites (tertiary alicyclic amines) is 1. The summed E-state index contributed by atoms with van der Waals surface area (Å²) >= 11 is 0. The predicted octanol–water partition coefficient (Wildman–Crippen LogP) is 2.00. The fourth-order valence-corrected chi connectivity index (χ4v) is 3.39. The molecule has 0 spiro atoms. The third kappa shape index (κ3) is 3.65. The van der Waals surface area contributed by atoms with Gasteiger partial charge in [0.15, 0.2) is 0 Å². The van der Waals surface area contributed by atoms with E-state index in [-0.39, 0.29) is 5.91 Å². The highest BCUT2D eigenvalue weighted by molar-refractivity contribution is 5.92. The van der Waals surface area contributed by atoms with E-state index < -0.39 is 0 Å². The number of ether oxygens (including phenoxy) is 1. The van der Waals surface area contributed by atoms with Gasteiger partial charge < -0.3 is 10.1 Å². The molecule has 1 atom stereocenters. The van der Waals surface area contributed by atoms with Crippen LogP contribution in [0, 0.1) is 5.92 Å². The minimum Gasteiger partial charge on any atom is -0.381 e. The van der Waals surface area contributed by atoms with E-state index in [0.717, 1.165) is 45.6 Å². The minimum absolute atomic E-state index is 0.0611. The van der Waals surface area contributed by atoms with Gasteiger partial charge in [-0.1, -0.05) is 0 Å². The molecule has 0 saturated carbocycles. The van der Waals surface area contributed by atoms with Crippen LogP contribution >= 0.6 is 0 Å². The van der Waals surface area contributed by atoms with Gasteiger partial charge in [-0.3, -0.25) is 14.7 Å². The summed E-state index contributed by atoms with van der Waals surface area (Å²) in [4.78, 5) is 18.9. The first-order valence-corrected chi connectivity index (χ1v) is 8.26. The summed E-state index contributed by atoms with van der Waals surface area (Å²) in [7, 11) is 2.14. The zero-order valence-electron chi connectivity index (χ0n) is 13.3. The van der Waals surface area contributed by atoms with E-state index in [0.29, 0.717) is 17.7 Å². The van der Waals surface area contributed by atoms with E-state index in [1.165, 1.54) is 12.0 Å². The first kappa shape index (κ1) is 15.4. The number of hydrogen-bond donors (Lipinski definition) is 1. The molecule has 5 nitrogen and oxygen atoms in total. The highest BCUT2D eigenvalue weighted by Gasteiger charge is 2.23. The molecule has 2 aliphatic rings. The number of carbonyl (C=O) groups excluding carboxylic acids is 1. The van der Waals surface area contributed by atoms with Crippen molar-refractivity contribution in [3.8, 4) is 0 Å². The smallest absolute Gasteiger partial charge is 0.269 e. The summed E-state index contributed by atoms with van der Waals surface area (Å²) in [6, 6.07) is 4.40. The molecule has 2 fully saturated rings. The Hall–Kier alpha value is -1.46. The molecule has 3 rings (SSSR count). The molecule has 2 aliphatic heterocycles. The molecule has 1 aromatic rings. The van der Waals surface area contributed by atoms with Crippen molar-refractivity contribution in [2.75, 3.05) is 33.4 Å². The van der Waals surface area contributed by atoms with Crippen molar-refractivity contribution in [1.29, 1.82) is 0 Å². The maximum Gasteiger partial charge on any atom is 0.269 e. The second-order valence-electron chi connectivity index (χ2n) is 6.38. The van der Waals surface area contributed by atoms with Crippen LogP contribution in [0.4, 0.5) is 0 Å². The largest absolute Gasteiger partial charge is 0.381 e. The van der Waals surface area contributed by atoms with Crippen molar-refractivity contribution in [1.82, 2.24) is 15.2 Å². The monoisotopic (exact) mass is 303 g/mol. The Morgan fingerprint density at radius 1 is 1.41 bits per heavy atom. The van der Waals surface area contributed by atoms with Gasteiger partial charge in [-0.2, -0.15) is 0 Å². The lowest BCUT2D eigenvalue weighted by atomic mass is 10.0. The first-order chi connectivity index (χ1) is 10.7. The molecule has 120 valence electrons. The van der Waals surface area contributed by atoms with Gasteiger partial charge >= 0.3 is 0 Å². The third-order valence-corrected chi connectivity index (χ3v) is 4.81. The van der Waals surface area contributed by atoms with Gasteiger partial charge in [0.2, 0.25) is 0 Å². The summed E-state index contributed by atoms with van der Waals surface area (Å²) in [5, 5.41) is 3.03. The minimum atomic E-state index is -0.0611. The van der Waals surface area contributed by atoms with Crippen LogP contribution in [0.3, 0.4) is 0 Å². The molecule has 1 aromatic heterocycles. The van der Waals surface area contributed by atoms with Crippen molar-refractivity contribution < 1.29 is 9.53 Å². The van der Waals surface area contributed by atoms with E-state index >= 15 is 0 Å². The molecule has 1 N–H and O–H groups in total. The molecule has 22 heavy (non-hydrogen) atoms. The lowest BCUT2D eigenvalue weighted by molar-refractivity contribution is 0.0642. The molecule has 0 aromatic carbocycles. The Kier molecular flexibility index (Phi) is 5.05. The van der Waals surface area contributed by atoms with E-state index in [9.17, 15) is 4.79 Å². The van der Waals surface area contributed by atoms with Gasteiger partial charge in [0.25, 0.3) is 5.91 Å². The lowest BCUT2D eigenvalue weighted by Gasteiger charge is -2.22. The third-order valence-electron chi connectivity index (χ3n) is 4.81. The van der Waals surface area contributed by atoms with Crippen LogP contribution in [0.15, 0.2) is 18.3 Å². The van der Waals surface area contributed by atoms with Gasteiger partial charge in [-0.25, -0.2) is 0 Å². The maximum absolute atomic E-state index is 12.3. The SMILES string of the molecule is CN1CCC[C@H]1c1ccnc(C(=O)NCC2CCOCC2)c1.